The van der Waals surface area contributed by atoms with E-state index in [9.17, 15) is 0 Å². The molecule has 0 aromatic carbocycles. The highest BCUT2D eigenvalue weighted by Crippen LogP contribution is 2.18. The second kappa shape index (κ2) is 7.99. The van der Waals surface area contributed by atoms with Gasteiger partial charge < -0.3 is 15.1 Å². The van der Waals surface area contributed by atoms with Crippen LogP contribution in [0.1, 0.15) is 11.4 Å². The molecule has 0 radical (unpaired) electrons. The normalized spacial score (nSPS) is 14.3. The van der Waals surface area contributed by atoms with Crippen LogP contribution in [0.4, 0.5) is 17.6 Å². The van der Waals surface area contributed by atoms with Gasteiger partial charge in [0.2, 0.25) is 5.95 Å². The van der Waals surface area contributed by atoms with Crippen molar-refractivity contribution in [3.63, 3.8) is 0 Å². The average molecular weight is 361 g/mol. The minimum atomic E-state index is 0.643. The number of anilines is 3. The zero-order valence-corrected chi connectivity index (χ0v) is 15.4. The number of hydrogen-bond acceptors (Lipinski definition) is 7. The first-order valence-electron chi connectivity index (χ1n) is 9.18. The number of rotatable bonds is 5. The summed E-state index contributed by atoms with van der Waals surface area (Å²) < 4.78 is 0. The summed E-state index contributed by atoms with van der Waals surface area (Å²) in [7, 11) is 0. The maximum absolute atomic E-state index is 4.71. The van der Waals surface area contributed by atoms with Crippen LogP contribution in [0.3, 0.4) is 0 Å². The molecule has 0 atom stereocenters. The Labute approximate surface area is 159 Å². The van der Waals surface area contributed by atoms with Crippen LogP contribution < -0.4 is 15.1 Å². The Morgan fingerprint density at radius 3 is 2.33 bits per heavy atom. The largest absolute Gasteiger partial charge is 0.364 e. The van der Waals surface area contributed by atoms with Crippen molar-refractivity contribution in [2.24, 2.45) is 0 Å². The molecule has 3 aromatic heterocycles. The molecule has 3 aromatic rings. The summed E-state index contributed by atoms with van der Waals surface area (Å²) in [6.07, 6.45) is 3.64. The molecular formula is C20H23N7. The third kappa shape index (κ3) is 4.31. The molecule has 0 amide bonds. The Bertz CT molecular complexity index is 862. The number of nitrogens with one attached hydrogen (secondary N) is 1. The minimum Gasteiger partial charge on any atom is -0.364 e. The van der Waals surface area contributed by atoms with Crippen molar-refractivity contribution in [2.75, 3.05) is 41.3 Å². The van der Waals surface area contributed by atoms with E-state index in [2.05, 4.69) is 36.1 Å². The monoisotopic (exact) mass is 361 g/mol. The highest BCUT2D eigenvalue weighted by atomic mass is 15.3. The van der Waals surface area contributed by atoms with Gasteiger partial charge in [0.1, 0.15) is 11.6 Å². The number of aryl methyl sites for hydroxylation is 1. The predicted octanol–water partition coefficient (Wildman–Crippen LogP) is 2.51. The fourth-order valence-electron chi connectivity index (χ4n) is 3.15. The van der Waals surface area contributed by atoms with Gasteiger partial charge in [-0.1, -0.05) is 12.1 Å². The number of pyridine rings is 2. The second-order valence-corrected chi connectivity index (χ2v) is 6.53. The minimum absolute atomic E-state index is 0.643. The summed E-state index contributed by atoms with van der Waals surface area (Å²) in [4.78, 5) is 22.7. The Morgan fingerprint density at radius 2 is 1.63 bits per heavy atom. The molecule has 138 valence electrons. The van der Waals surface area contributed by atoms with Crippen LogP contribution in [0.5, 0.6) is 0 Å². The van der Waals surface area contributed by atoms with Crippen LogP contribution in [-0.4, -0.2) is 46.1 Å². The first kappa shape index (κ1) is 17.2. The molecule has 0 bridgehead atoms. The van der Waals surface area contributed by atoms with Crippen LogP contribution >= 0.6 is 0 Å². The fourth-order valence-corrected chi connectivity index (χ4v) is 3.15. The zero-order valence-electron chi connectivity index (χ0n) is 15.4. The summed E-state index contributed by atoms with van der Waals surface area (Å²) in [6, 6.07) is 13.9. The molecule has 7 nitrogen and oxygen atoms in total. The van der Waals surface area contributed by atoms with Gasteiger partial charge in [-0.2, -0.15) is 4.98 Å². The third-order valence-electron chi connectivity index (χ3n) is 4.55. The lowest BCUT2D eigenvalue weighted by molar-refractivity contribution is 0.634. The average Bonchev–Trinajstić information content (AvgIpc) is 2.73. The van der Waals surface area contributed by atoms with E-state index < -0.39 is 0 Å². The maximum Gasteiger partial charge on any atom is 0.227 e. The zero-order chi connectivity index (χ0) is 18.5. The Hall–Kier alpha value is -3.22. The molecule has 1 N–H and O–H groups in total. The van der Waals surface area contributed by atoms with Crippen molar-refractivity contribution in [3.8, 4) is 0 Å². The topological polar surface area (TPSA) is 70.1 Å². The first-order chi connectivity index (χ1) is 13.3. The van der Waals surface area contributed by atoms with E-state index in [-0.39, 0.29) is 0 Å². The van der Waals surface area contributed by atoms with Crippen LogP contribution in [-0.2, 0) is 6.54 Å². The van der Waals surface area contributed by atoms with Crippen LogP contribution in [0.25, 0.3) is 0 Å². The molecule has 1 aliphatic heterocycles. The van der Waals surface area contributed by atoms with E-state index in [1.807, 2.05) is 49.5 Å². The van der Waals surface area contributed by atoms with Gasteiger partial charge >= 0.3 is 0 Å². The maximum atomic E-state index is 4.71. The van der Waals surface area contributed by atoms with E-state index in [0.29, 0.717) is 6.54 Å². The van der Waals surface area contributed by atoms with Crippen molar-refractivity contribution in [3.05, 3.63) is 66.2 Å². The number of piperazine rings is 1. The molecule has 0 aliphatic carbocycles. The van der Waals surface area contributed by atoms with Gasteiger partial charge in [0.15, 0.2) is 0 Å². The van der Waals surface area contributed by atoms with Crippen molar-refractivity contribution >= 4 is 17.6 Å². The molecule has 27 heavy (non-hydrogen) atoms. The molecule has 1 aliphatic rings. The van der Waals surface area contributed by atoms with E-state index in [4.69, 9.17) is 4.98 Å². The van der Waals surface area contributed by atoms with Gasteiger partial charge in [0.05, 0.1) is 12.2 Å². The van der Waals surface area contributed by atoms with E-state index in [1.165, 1.54) is 0 Å². The smallest absolute Gasteiger partial charge is 0.227 e. The summed E-state index contributed by atoms with van der Waals surface area (Å²) in [5.74, 6) is 2.63. The van der Waals surface area contributed by atoms with E-state index in [1.54, 1.807) is 6.20 Å². The van der Waals surface area contributed by atoms with Crippen LogP contribution in [0, 0.1) is 6.92 Å². The van der Waals surface area contributed by atoms with Crippen LogP contribution in [0.2, 0.25) is 0 Å². The second-order valence-electron chi connectivity index (χ2n) is 6.53. The van der Waals surface area contributed by atoms with Crippen molar-refractivity contribution < 1.29 is 0 Å². The highest BCUT2D eigenvalue weighted by molar-refractivity contribution is 5.46. The van der Waals surface area contributed by atoms with E-state index in [0.717, 1.165) is 55.2 Å². The number of aromatic nitrogens is 4. The summed E-state index contributed by atoms with van der Waals surface area (Å²) in [5.41, 5.74) is 1.94. The van der Waals surface area contributed by atoms with Crippen molar-refractivity contribution in [1.29, 1.82) is 0 Å². The van der Waals surface area contributed by atoms with Gasteiger partial charge in [-0.25, -0.2) is 9.97 Å². The number of hydrogen-bond donors (Lipinski definition) is 1. The van der Waals surface area contributed by atoms with Gasteiger partial charge in [-0.3, -0.25) is 4.98 Å². The third-order valence-corrected chi connectivity index (χ3v) is 4.55. The molecule has 4 rings (SSSR count). The first-order valence-corrected chi connectivity index (χ1v) is 9.18. The Kier molecular flexibility index (Phi) is 5.09. The van der Waals surface area contributed by atoms with Crippen molar-refractivity contribution in [1.82, 2.24) is 19.9 Å². The molecule has 7 heteroatoms. The van der Waals surface area contributed by atoms with Gasteiger partial charge in [-0.15, -0.1) is 0 Å². The SMILES string of the molecule is Cc1cc(NCc2ccccn2)nc(N2CCN(c3ccccn3)CC2)n1. The lowest BCUT2D eigenvalue weighted by Gasteiger charge is -2.35. The predicted molar refractivity (Wildman–Crippen MR) is 107 cm³/mol. The Balaban J connectivity index is 1.41. The summed E-state index contributed by atoms with van der Waals surface area (Å²) in [5, 5.41) is 3.36. The van der Waals surface area contributed by atoms with Gasteiger partial charge in [-0.05, 0) is 31.2 Å². The highest BCUT2D eigenvalue weighted by Gasteiger charge is 2.20. The molecule has 1 fully saturated rings. The lowest BCUT2D eigenvalue weighted by atomic mass is 10.3. The molecule has 1 saturated heterocycles. The standard InChI is InChI=1S/C20H23N7/c1-16-14-18(23-15-17-6-2-4-8-21-17)25-20(24-16)27-12-10-26(11-13-27)19-7-3-5-9-22-19/h2-9,14H,10-13,15H2,1H3,(H,23,24,25). The Morgan fingerprint density at radius 1 is 0.889 bits per heavy atom. The molecule has 0 spiro atoms. The van der Waals surface area contributed by atoms with Gasteiger partial charge in [0.25, 0.3) is 0 Å². The number of nitrogens with zero attached hydrogens (tertiary/aromatic N) is 6. The molecule has 0 unspecified atom stereocenters. The molecule has 0 saturated carbocycles. The van der Waals surface area contributed by atoms with Gasteiger partial charge in [0, 0.05) is 50.3 Å². The lowest BCUT2D eigenvalue weighted by Crippen LogP contribution is -2.47. The van der Waals surface area contributed by atoms with Crippen LogP contribution in [0.15, 0.2) is 54.9 Å². The molecular weight excluding hydrogens is 338 g/mol. The quantitative estimate of drug-likeness (QED) is 0.749. The van der Waals surface area contributed by atoms with E-state index >= 15 is 0 Å². The summed E-state index contributed by atoms with van der Waals surface area (Å²) in [6.45, 7) is 6.21. The van der Waals surface area contributed by atoms with Crippen molar-refractivity contribution in [2.45, 2.75) is 13.5 Å². The fraction of sp³-hybridized carbons (Fsp3) is 0.300. The summed E-state index contributed by atoms with van der Waals surface area (Å²) >= 11 is 0. The molecule has 4 heterocycles.